The number of nitrogens with zero attached hydrogens (tertiary/aromatic N) is 4. The molecule has 55 heavy (non-hydrogen) atoms. The van der Waals surface area contributed by atoms with Gasteiger partial charge in [0.15, 0.2) is 0 Å². The van der Waals surface area contributed by atoms with E-state index in [9.17, 15) is 14.7 Å². The minimum absolute atomic E-state index is 0.0236. The first-order valence-corrected chi connectivity index (χ1v) is 18.0. The van der Waals surface area contributed by atoms with E-state index in [0.717, 1.165) is 28.4 Å². The molecule has 1 spiro atoms. The highest BCUT2D eigenvalue weighted by molar-refractivity contribution is 6.30. The van der Waals surface area contributed by atoms with Crippen LogP contribution in [0.2, 0.25) is 5.02 Å². The molecule has 15 heteroatoms. The molecule has 0 saturated carbocycles. The van der Waals surface area contributed by atoms with Gasteiger partial charge in [-0.1, -0.05) is 74.8 Å². The number of nitrogens with one attached hydrogen (secondary N) is 3. The lowest BCUT2D eigenvalue weighted by molar-refractivity contribution is -0.138. The van der Waals surface area contributed by atoms with Gasteiger partial charge in [-0.05, 0) is 76.2 Å². The van der Waals surface area contributed by atoms with Crippen LogP contribution in [0.1, 0.15) is 65.7 Å². The molecule has 286 valence electrons. The van der Waals surface area contributed by atoms with Crippen molar-refractivity contribution in [1.29, 1.82) is 0 Å². The monoisotopic (exact) mass is 773 g/mol. The van der Waals surface area contributed by atoms with Gasteiger partial charge in [0, 0.05) is 46.7 Å². The predicted molar refractivity (Wildman–Crippen MR) is 201 cm³/mol. The summed E-state index contributed by atoms with van der Waals surface area (Å²) in [4.78, 5) is 28.5. The minimum Gasteiger partial charge on any atom is -0.495 e. The summed E-state index contributed by atoms with van der Waals surface area (Å²) in [6.45, 7) is 6.84. The maximum absolute atomic E-state index is 15.0. The summed E-state index contributed by atoms with van der Waals surface area (Å²) < 4.78 is 50.6. The zero-order chi connectivity index (χ0) is 39.3. The number of carbonyl (C=O) groups excluding carboxylic acids is 1. The summed E-state index contributed by atoms with van der Waals surface area (Å²) in [6.07, 6.45) is -4.23. The third-order valence-corrected chi connectivity index (χ3v) is 10.7. The number of amides is 1. The summed E-state index contributed by atoms with van der Waals surface area (Å²) in [7, 11) is 1.34. The van der Waals surface area contributed by atoms with Gasteiger partial charge in [-0.15, -0.1) is 10.2 Å². The second kappa shape index (κ2) is 14.3. The molecular formula is C40H39ClF3N7O4. The molecule has 0 radical (unpaired) electrons. The second-order valence-electron chi connectivity index (χ2n) is 15.2. The number of ether oxygens (including phenoxy) is 1. The second-order valence-corrected chi connectivity index (χ2v) is 15.7. The number of rotatable bonds is 9. The van der Waals surface area contributed by atoms with E-state index in [-0.39, 0.29) is 34.5 Å². The molecular weight excluding hydrogens is 735 g/mol. The summed E-state index contributed by atoms with van der Waals surface area (Å²) >= 11 is 6.74. The van der Waals surface area contributed by atoms with Crippen molar-refractivity contribution in [3.63, 3.8) is 0 Å². The quantitative estimate of drug-likeness (QED) is 0.118. The van der Waals surface area contributed by atoms with Crippen molar-refractivity contribution >= 4 is 34.9 Å². The van der Waals surface area contributed by atoms with Crippen molar-refractivity contribution in [3.05, 3.63) is 118 Å². The molecule has 4 N–H and O–H groups in total. The molecule has 0 unspecified atom stereocenters. The predicted octanol–water partition coefficient (Wildman–Crippen LogP) is 7.70. The first-order chi connectivity index (χ1) is 26.1. The molecule has 0 aliphatic carbocycles. The Kier molecular flexibility index (Phi) is 9.84. The van der Waals surface area contributed by atoms with Crippen LogP contribution >= 0.6 is 11.6 Å². The Morgan fingerprint density at radius 1 is 1.04 bits per heavy atom. The summed E-state index contributed by atoms with van der Waals surface area (Å²) in [6, 6.07) is 20.9. The van der Waals surface area contributed by atoms with Crippen LogP contribution in [0.5, 0.6) is 5.75 Å². The summed E-state index contributed by atoms with van der Waals surface area (Å²) in [5.41, 5.74) is 1.08. The SMILES string of the molecule is COc1cc(C(=O)O)ccc1NC(=O)[C@@H]1N[C@@H](CC(C)(C)C)[C@@]2(CN(Cc3ccc(-c4nn[nH]n4)cc3)c3ccc(Cl)cc32)[C@H]1c1ccccc1C(F)(F)F. The number of aromatic nitrogens is 4. The Morgan fingerprint density at radius 3 is 2.44 bits per heavy atom. The van der Waals surface area contributed by atoms with Crippen LogP contribution in [0.3, 0.4) is 0 Å². The number of benzene rings is 4. The number of hydrogen-bond donors (Lipinski definition) is 4. The molecule has 3 heterocycles. The number of aromatic amines is 1. The number of carboxylic acid groups (broad SMARTS) is 1. The van der Waals surface area contributed by atoms with Gasteiger partial charge in [-0.25, -0.2) is 4.79 Å². The minimum atomic E-state index is -4.73. The van der Waals surface area contributed by atoms with Gasteiger partial charge in [-0.2, -0.15) is 18.4 Å². The molecule has 2 aliphatic heterocycles. The lowest BCUT2D eigenvalue weighted by Gasteiger charge is -2.41. The van der Waals surface area contributed by atoms with E-state index in [2.05, 4.69) is 56.9 Å². The molecule has 4 atom stereocenters. The number of aromatic carboxylic acids is 1. The maximum atomic E-state index is 15.0. The lowest BCUT2D eigenvalue weighted by atomic mass is 9.62. The molecule has 11 nitrogen and oxygen atoms in total. The number of carboxylic acids is 1. The Hall–Kier alpha value is -5.47. The lowest BCUT2D eigenvalue weighted by Crippen LogP contribution is -2.48. The van der Waals surface area contributed by atoms with E-state index in [1.165, 1.54) is 37.4 Å². The highest BCUT2D eigenvalue weighted by Crippen LogP contribution is 2.59. The zero-order valence-electron chi connectivity index (χ0n) is 30.4. The normalized spacial score (nSPS) is 20.8. The molecule has 1 aromatic heterocycles. The number of tetrazole rings is 1. The van der Waals surface area contributed by atoms with Gasteiger partial charge in [0.05, 0.1) is 30.0 Å². The summed E-state index contributed by atoms with van der Waals surface area (Å²) in [5, 5.41) is 30.6. The standard InChI is InChI=1S/C40H39ClF3N7O4/c1-38(2,3)19-32-39(21-51(30-16-14-25(41)18-28(30)39)20-22-9-11-23(12-10-22)35-47-49-50-48-35)33(26-7-5-6-8-27(26)40(42,43)44)34(46-32)36(52)45-29-15-13-24(37(53)54)17-31(29)55-4/h5-18,32-34,46H,19-21H2,1-4H3,(H,45,52)(H,53,54)(H,47,48,49,50)/t32-,33-,34+,39-/m0/s1. The van der Waals surface area contributed by atoms with E-state index in [1.54, 1.807) is 12.1 Å². The summed E-state index contributed by atoms with van der Waals surface area (Å²) in [5.74, 6) is -2.30. The number of carbonyl (C=O) groups is 2. The van der Waals surface area contributed by atoms with Crippen LogP contribution in [0.15, 0.2) is 84.9 Å². The number of fused-ring (bicyclic) bond motifs is 2. The van der Waals surface area contributed by atoms with E-state index in [0.29, 0.717) is 23.8 Å². The van der Waals surface area contributed by atoms with E-state index >= 15 is 13.2 Å². The zero-order valence-corrected chi connectivity index (χ0v) is 31.2. The largest absolute Gasteiger partial charge is 0.495 e. The number of alkyl halides is 3. The molecule has 7 rings (SSSR count). The maximum Gasteiger partial charge on any atom is 0.416 e. The van der Waals surface area contributed by atoms with Gasteiger partial charge in [0.2, 0.25) is 11.7 Å². The number of anilines is 2. The highest BCUT2D eigenvalue weighted by atomic mass is 35.5. The van der Waals surface area contributed by atoms with Crippen molar-refractivity contribution in [2.75, 3.05) is 23.9 Å². The van der Waals surface area contributed by atoms with Crippen LogP contribution in [-0.4, -0.2) is 63.3 Å². The fourth-order valence-corrected chi connectivity index (χ4v) is 8.46. The fraction of sp³-hybridized carbons (Fsp3) is 0.325. The smallest absolute Gasteiger partial charge is 0.416 e. The van der Waals surface area contributed by atoms with Gasteiger partial charge < -0.3 is 25.4 Å². The molecule has 0 bridgehead atoms. The third kappa shape index (κ3) is 7.23. The molecule has 1 fully saturated rings. The molecule has 5 aromatic rings. The number of hydrogen-bond acceptors (Lipinski definition) is 8. The molecule has 2 aliphatic rings. The van der Waals surface area contributed by atoms with Crippen LogP contribution in [-0.2, 0) is 22.9 Å². The van der Waals surface area contributed by atoms with E-state index in [1.807, 2.05) is 36.4 Å². The molecule has 1 amide bonds. The topological polar surface area (TPSA) is 145 Å². The van der Waals surface area contributed by atoms with Gasteiger partial charge in [0.1, 0.15) is 5.75 Å². The van der Waals surface area contributed by atoms with Crippen LogP contribution in [0, 0.1) is 5.41 Å². The number of methoxy groups -OCH3 is 1. The number of H-pyrrole nitrogens is 1. The number of halogens is 4. The molecule has 1 saturated heterocycles. The Labute approximate surface area is 320 Å². The van der Waals surface area contributed by atoms with Gasteiger partial charge in [0.25, 0.3) is 0 Å². The van der Waals surface area contributed by atoms with Gasteiger partial charge >= 0.3 is 12.1 Å². The van der Waals surface area contributed by atoms with Crippen LogP contribution in [0.25, 0.3) is 11.4 Å². The first-order valence-electron chi connectivity index (χ1n) is 17.6. The Balaban J connectivity index is 1.38. The third-order valence-electron chi connectivity index (χ3n) is 10.5. The van der Waals surface area contributed by atoms with Crippen molar-refractivity contribution < 1.29 is 32.6 Å². The van der Waals surface area contributed by atoms with Crippen molar-refractivity contribution in [2.24, 2.45) is 5.41 Å². The Bertz CT molecular complexity index is 2230. The Morgan fingerprint density at radius 2 is 1.78 bits per heavy atom. The average Bonchev–Trinajstić information content (AvgIpc) is 3.85. The van der Waals surface area contributed by atoms with Crippen molar-refractivity contribution in [3.8, 4) is 17.1 Å². The average molecular weight is 774 g/mol. The van der Waals surface area contributed by atoms with Crippen LogP contribution < -0.4 is 20.3 Å². The van der Waals surface area contributed by atoms with E-state index in [4.69, 9.17) is 16.3 Å². The first kappa shape index (κ1) is 37.8. The fourth-order valence-electron chi connectivity index (χ4n) is 8.29. The van der Waals surface area contributed by atoms with Crippen molar-refractivity contribution in [2.45, 2.75) is 63.3 Å². The van der Waals surface area contributed by atoms with Crippen molar-refractivity contribution in [1.82, 2.24) is 25.9 Å². The van der Waals surface area contributed by atoms with Crippen LogP contribution in [0.4, 0.5) is 24.5 Å². The highest BCUT2D eigenvalue weighted by Gasteiger charge is 2.63. The molecule has 4 aromatic carbocycles. The van der Waals surface area contributed by atoms with Gasteiger partial charge in [-0.3, -0.25) is 4.79 Å². The van der Waals surface area contributed by atoms with E-state index < -0.39 is 47.0 Å².